The van der Waals surface area contributed by atoms with Crippen molar-refractivity contribution in [1.29, 1.82) is 0 Å². The van der Waals surface area contributed by atoms with Gasteiger partial charge >= 0.3 is 0 Å². The van der Waals surface area contributed by atoms with Crippen molar-refractivity contribution >= 4 is 59.0 Å². The fraction of sp³-hybridized carbons (Fsp3) is 0.172. The van der Waals surface area contributed by atoms with Gasteiger partial charge in [-0.05, 0) is 54.3 Å². The van der Waals surface area contributed by atoms with E-state index in [1.807, 2.05) is 17.4 Å². The average molecular weight is 422 g/mol. The molecule has 5 rings (SSSR count). The molecule has 31 heavy (non-hydrogen) atoms. The van der Waals surface area contributed by atoms with Gasteiger partial charge in [-0.25, -0.2) is 0 Å². The van der Waals surface area contributed by atoms with E-state index < -0.39 is 0 Å². The highest BCUT2D eigenvalue weighted by atomic mass is 32.1. The summed E-state index contributed by atoms with van der Waals surface area (Å²) < 4.78 is 5.07. The summed E-state index contributed by atoms with van der Waals surface area (Å²) in [5.74, 6) is 0. The van der Waals surface area contributed by atoms with Gasteiger partial charge in [0, 0.05) is 36.6 Å². The molecule has 2 aromatic heterocycles. The molecular formula is C29H27NS. The molecule has 0 fully saturated rings. The number of rotatable bonds is 3. The normalized spacial score (nSPS) is 13.4. The lowest BCUT2D eigenvalue weighted by Crippen LogP contribution is -2.10. The van der Waals surface area contributed by atoms with Gasteiger partial charge in [0.15, 0.2) is 0 Å². The number of thiophene rings is 1. The molecule has 3 aromatic carbocycles. The second-order valence-electron chi connectivity index (χ2n) is 9.08. The molecule has 0 bridgehead atoms. The molecule has 0 unspecified atom stereocenters. The smallest absolute Gasteiger partial charge is 0.0634 e. The Morgan fingerprint density at radius 3 is 2.48 bits per heavy atom. The Morgan fingerprint density at radius 2 is 1.74 bits per heavy atom. The molecule has 0 saturated carbocycles. The van der Waals surface area contributed by atoms with Crippen molar-refractivity contribution in [1.82, 2.24) is 4.57 Å². The van der Waals surface area contributed by atoms with Gasteiger partial charge in [0.2, 0.25) is 0 Å². The van der Waals surface area contributed by atoms with Crippen molar-refractivity contribution in [2.45, 2.75) is 33.1 Å². The van der Waals surface area contributed by atoms with E-state index in [2.05, 4.69) is 112 Å². The Labute approximate surface area is 187 Å². The Bertz CT molecular complexity index is 1530. The molecule has 2 heterocycles. The van der Waals surface area contributed by atoms with Gasteiger partial charge in [-0.3, -0.25) is 0 Å². The number of benzene rings is 3. The minimum absolute atomic E-state index is 0.102. The molecule has 154 valence electrons. The first-order valence-electron chi connectivity index (χ1n) is 10.8. The molecule has 5 aromatic rings. The number of fused-ring (bicyclic) bond motifs is 7. The van der Waals surface area contributed by atoms with Crippen LogP contribution in [0.4, 0.5) is 0 Å². The predicted molar refractivity (Wildman–Crippen MR) is 140 cm³/mol. The zero-order valence-electron chi connectivity index (χ0n) is 18.6. The molecule has 0 saturated heterocycles. The summed E-state index contributed by atoms with van der Waals surface area (Å²) in [5.41, 5.74) is 5.10. The summed E-state index contributed by atoms with van der Waals surface area (Å²) in [6, 6.07) is 20.3. The molecule has 0 spiro atoms. The second-order valence-corrected chi connectivity index (χ2v) is 10.2. The van der Waals surface area contributed by atoms with E-state index in [0.717, 1.165) is 5.70 Å². The van der Waals surface area contributed by atoms with Crippen molar-refractivity contribution in [3.63, 3.8) is 0 Å². The van der Waals surface area contributed by atoms with Crippen LogP contribution in [0.5, 0.6) is 0 Å². The lowest BCUT2D eigenvalue weighted by Gasteiger charge is -2.19. The summed E-state index contributed by atoms with van der Waals surface area (Å²) in [7, 11) is 0. The van der Waals surface area contributed by atoms with Gasteiger partial charge in [-0.15, -0.1) is 11.3 Å². The first-order chi connectivity index (χ1) is 14.9. The van der Waals surface area contributed by atoms with Crippen LogP contribution in [-0.2, 0) is 5.41 Å². The number of nitrogens with zero attached hydrogens (tertiary/aromatic N) is 1. The molecule has 0 N–H and O–H groups in total. The number of hydrogen-bond acceptors (Lipinski definition) is 1. The van der Waals surface area contributed by atoms with Crippen LogP contribution < -0.4 is 0 Å². The van der Waals surface area contributed by atoms with Crippen LogP contribution in [0.1, 0.15) is 33.3 Å². The molecule has 0 aliphatic heterocycles. The van der Waals surface area contributed by atoms with Crippen molar-refractivity contribution in [2.24, 2.45) is 0 Å². The van der Waals surface area contributed by atoms with Crippen LogP contribution in [-0.4, -0.2) is 4.57 Å². The largest absolute Gasteiger partial charge is 0.309 e. The van der Waals surface area contributed by atoms with Gasteiger partial charge in [0.1, 0.15) is 0 Å². The van der Waals surface area contributed by atoms with E-state index in [1.165, 1.54) is 47.5 Å². The SMILES string of the molecule is C=C/C=C(\C=C/C)n1c2ccc(C(C)(C)C)cc2c2ccc3sc4ccccc4c3c21. The summed E-state index contributed by atoms with van der Waals surface area (Å²) in [5, 5.41) is 5.27. The maximum atomic E-state index is 3.98. The maximum Gasteiger partial charge on any atom is 0.0634 e. The average Bonchev–Trinajstić information content (AvgIpc) is 3.28. The molecule has 0 radical (unpaired) electrons. The Balaban J connectivity index is 2.06. The van der Waals surface area contributed by atoms with E-state index in [0.29, 0.717) is 0 Å². The van der Waals surface area contributed by atoms with Crippen LogP contribution in [0, 0.1) is 0 Å². The Morgan fingerprint density at radius 1 is 0.935 bits per heavy atom. The first kappa shape index (κ1) is 19.8. The third kappa shape index (κ3) is 3.05. The van der Waals surface area contributed by atoms with Crippen molar-refractivity contribution < 1.29 is 0 Å². The zero-order chi connectivity index (χ0) is 21.8. The third-order valence-corrected chi connectivity index (χ3v) is 7.15. The maximum absolute atomic E-state index is 3.98. The first-order valence-corrected chi connectivity index (χ1v) is 11.6. The number of allylic oxidation sites excluding steroid dienone is 5. The lowest BCUT2D eigenvalue weighted by atomic mass is 9.86. The predicted octanol–water partition coefficient (Wildman–Crippen LogP) is 9.06. The van der Waals surface area contributed by atoms with E-state index >= 15 is 0 Å². The molecule has 0 aliphatic rings. The highest BCUT2D eigenvalue weighted by Gasteiger charge is 2.20. The van der Waals surface area contributed by atoms with Crippen LogP contribution in [0.15, 0.2) is 85.5 Å². The summed E-state index contributed by atoms with van der Waals surface area (Å²) >= 11 is 1.87. The third-order valence-electron chi connectivity index (χ3n) is 6.02. The van der Waals surface area contributed by atoms with Crippen LogP contribution in [0.2, 0.25) is 0 Å². The summed E-state index contributed by atoms with van der Waals surface area (Å²) in [6.45, 7) is 12.9. The fourth-order valence-electron chi connectivity index (χ4n) is 4.55. The Kier molecular flexibility index (Phi) is 4.64. The van der Waals surface area contributed by atoms with Gasteiger partial charge in [-0.2, -0.15) is 0 Å². The molecule has 2 heteroatoms. The van der Waals surface area contributed by atoms with Crippen LogP contribution in [0.3, 0.4) is 0 Å². The second kappa shape index (κ2) is 7.25. The molecule has 0 atom stereocenters. The van der Waals surface area contributed by atoms with Gasteiger partial charge in [-0.1, -0.05) is 69.8 Å². The van der Waals surface area contributed by atoms with Gasteiger partial charge in [0.05, 0.1) is 11.0 Å². The molecule has 1 nitrogen and oxygen atoms in total. The van der Waals surface area contributed by atoms with Crippen LogP contribution in [0.25, 0.3) is 47.7 Å². The lowest BCUT2D eigenvalue weighted by molar-refractivity contribution is 0.591. The van der Waals surface area contributed by atoms with Crippen molar-refractivity contribution in [3.8, 4) is 0 Å². The molecular weight excluding hydrogens is 394 g/mol. The molecule has 0 aliphatic carbocycles. The van der Waals surface area contributed by atoms with Gasteiger partial charge in [0.25, 0.3) is 0 Å². The van der Waals surface area contributed by atoms with E-state index in [1.54, 1.807) is 0 Å². The van der Waals surface area contributed by atoms with Crippen molar-refractivity contribution in [3.05, 3.63) is 91.0 Å². The standard InChI is InChI=1S/C29H27NS/c1-6-10-20(11-7-2)30-24-16-14-19(29(3,4)5)18-23(24)21-15-17-26-27(28(21)30)22-12-8-9-13-25(22)31-26/h6-18H,1H2,2-5H3/b11-7-,20-10+. The number of aromatic nitrogens is 1. The molecule has 0 amide bonds. The number of hydrogen-bond donors (Lipinski definition) is 0. The minimum atomic E-state index is 0.102. The monoisotopic (exact) mass is 421 g/mol. The highest BCUT2D eigenvalue weighted by Crippen LogP contribution is 2.43. The highest BCUT2D eigenvalue weighted by molar-refractivity contribution is 7.26. The van der Waals surface area contributed by atoms with Crippen LogP contribution >= 0.6 is 11.3 Å². The zero-order valence-corrected chi connectivity index (χ0v) is 19.4. The Hall–Kier alpha value is -3.10. The summed E-state index contributed by atoms with van der Waals surface area (Å²) in [4.78, 5) is 0. The van der Waals surface area contributed by atoms with E-state index in [9.17, 15) is 0 Å². The van der Waals surface area contributed by atoms with Crippen molar-refractivity contribution in [2.75, 3.05) is 0 Å². The topological polar surface area (TPSA) is 4.93 Å². The minimum Gasteiger partial charge on any atom is -0.309 e. The van der Waals surface area contributed by atoms with E-state index in [-0.39, 0.29) is 5.41 Å². The fourth-order valence-corrected chi connectivity index (χ4v) is 5.65. The summed E-state index contributed by atoms with van der Waals surface area (Å²) in [6.07, 6.45) is 8.25. The van der Waals surface area contributed by atoms with E-state index in [4.69, 9.17) is 0 Å². The van der Waals surface area contributed by atoms with Gasteiger partial charge < -0.3 is 4.57 Å². The quantitative estimate of drug-likeness (QED) is 0.256.